The number of carboxylic acids is 1. The molecular weight excluding hydrogens is 208 g/mol. The Hall–Kier alpha value is -1.10. The van der Waals surface area contributed by atoms with Crippen LogP contribution in [0.25, 0.3) is 0 Å². The molecule has 0 radical (unpaired) electrons. The molecule has 0 aromatic rings. The second kappa shape index (κ2) is 5.30. The van der Waals surface area contributed by atoms with Gasteiger partial charge in [0.2, 0.25) is 5.91 Å². The monoisotopic (exact) mass is 228 g/mol. The van der Waals surface area contributed by atoms with Gasteiger partial charge in [-0.25, -0.2) is 0 Å². The van der Waals surface area contributed by atoms with Gasteiger partial charge in [-0.2, -0.15) is 0 Å². The number of nitrogens with one attached hydrogen (secondary N) is 1. The minimum absolute atomic E-state index is 0.00991. The molecule has 1 rings (SSSR count). The molecule has 0 bridgehead atoms. The highest BCUT2D eigenvalue weighted by molar-refractivity contribution is 5.80. The average Bonchev–Trinajstić information content (AvgIpc) is 2.56. The van der Waals surface area contributed by atoms with E-state index in [1.165, 1.54) is 0 Å². The third-order valence-corrected chi connectivity index (χ3v) is 2.94. The summed E-state index contributed by atoms with van der Waals surface area (Å²) in [6.45, 7) is 7.00. The van der Waals surface area contributed by atoms with Crippen LogP contribution in [0.3, 0.4) is 0 Å². The number of nitrogens with zero attached hydrogens (tertiary/aromatic N) is 1. The summed E-state index contributed by atoms with van der Waals surface area (Å²) in [4.78, 5) is 24.3. The minimum atomic E-state index is -0.806. The number of carbonyl (C=O) groups is 2. The van der Waals surface area contributed by atoms with Gasteiger partial charge in [0.1, 0.15) is 0 Å². The Bertz CT molecular complexity index is 278. The van der Waals surface area contributed by atoms with Crippen molar-refractivity contribution in [3.8, 4) is 0 Å². The van der Waals surface area contributed by atoms with Crippen LogP contribution in [0.5, 0.6) is 0 Å². The smallest absolute Gasteiger partial charge is 0.308 e. The van der Waals surface area contributed by atoms with E-state index in [0.29, 0.717) is 13.1 Å². The van der Waals surface area contributed by atoms with Crippen molar-refractivity contribution in [2.24, 2.45) is 11.8 Å². The second-order valence-corrected chi connectivity index (χ2v) is 4.76. The molecule has 0 spiro atoms. The Labute approximate surface area is 95.8 Å². The lowest BCUT2D eigenvalue weighted by atomic mass is 9.99. The van der Waals surface area contributed by atoms with Gasteiger partial charge in [0.15, 0.2) is 0 Å². The Balaban J connectivity index is 2.45. The zero-order valence-corrected chi connectivity index (χ0v) is 10.1. The molecule has 2 N–H and O–H groups in total. The number of hydrogen-bond donors (Lipinski definition) is 2. The van der Waals surface area contributed by atoms with E-state index < -0.39 is 11.9 Å². The maximum Gasteiger partial charge on any atom is 0.308 e. The van der Waals surface area contributed by atoms with Crippen LogP contribution < -0.4 is 5.32 Å². The molecule has 2 atom stereocenters. The van der Waals surface area contributed by atoms with Crippen molar-refractivity contribution in [2.45, 2.75) is 26.8 Å². The van der Waals surface area contributed by atoms with Crippen LogP contribution in [0.4, 0.5) is 0 Å². The fraction of sp³-hybridized carbons (Fsp3) is 0.818. The maximum atomic E-state index is 11.7. The van der Waals surface area contributed by atoms with Gasteiger partial charge in [-0.05, 0) is 5.92 Å². The van der Waals surface area contributed by atoms with E-state index in [9.17, 15) is 9.59 Å². The Morgan fingerprint density at radius 1 is 1.44 bits per heavy atom. The molecule has 0 aromatic carbocycles. The summed E-state index contributed by atoms with van der Waals surface area (Å²) in [6, 6.07) is 0.263. The minimum Gasteiger partial charge on any atom is -0.481 e. The van der Waals surface area contributed by atoms with Crippen LogP contribution in [0.1, 0.15) is 20.8 Å². The molecule has 16 heavy (non-hydrogen) atoms. The van der Waals surface area contributed by atoms with Crippen molar-refractivity contribution in [1.29, 1.82) is 0 Å². The summed E-state index contributed by atoms with van der Waals surface area (Å²) in [5, 5.41) is 12.0. The van der Waals surface area contributed by atoms with Crippen LogP contribution in [0, 0.1) is 11.8 Å². The van der Waals surface area contributed by atoms with Gasteiger partial charge < -0.3 is 15.3 Å². The van der Waals surface area contributed by atoms with Gasteiger partial charge in [-0.3, -0.25) is 9.59 Å². The average molecular weight is 228 g/mol. The van der Waals surface area contributed by atoms with Gasteiger partial charge in [0.25, 0.3) is 0 Å². The van der Waals surface area contributed by atoms with Gasteiger partial charge >= 0.3 is 5.97 Å². The van der Waals surface area contributed by atoms with Crippen molar-refractivity contribution in [3.05, 3.63) is 0 Å². The maximum absolute atomic E-state index is 11.7. The Morgan fingerprint density at radius 2 is 2.06 bits per heavy atom. The lowest BCUT2D eigenvalue weighted by Gasteiger charge is -2.17. The normalized spacial score (nSPS) is 25.1. The van der Waals surface area contributed by atoms with Gasteiger partial charge in [-0.1, -0.05) is 20.8 Å². The van der Waals surface area contributed by atoms with Crippen molar-refractivity contribution in [2.75, 3.05) is 19.6 Å². The number of carbonyl (C=O) groups excluding carboxylic acids is 1. The first-order valence-corrected chi connectivity index (χ1v) is 5.65. The third kappa shape index (κ3) is 3.20. The van der Waals surface area contributed by atoms with Crippen LogP contribution >= 0.6 is 0 Å². The van der Waals surface area contributed by atoms with Gasteiger partial charge in [-0.15, -0.1) is 0 Å². The van der Waals surface area contributed by atoms with E-state index in [0.717, 1.165) is 0 Å². The molecule has 0 aliphatic carbocycles. The summed E-state index contributed by atoms with van der Waals surface area (Å²) < 4.78 is 0. The topological polar surface area (TPSA) is 69.6 Å². The molecule has 1 amide bonds. The summed E-state index contributed by atoms with van der Waals surface area (Å²) >= 11 is 0. The zero-order valence-electron chi connectivity index (χ0n) is 10.1. The Kier molecular flexibility index (Phi) is 4.29. The molecular formula is C11H20N2O3. The molecule has 5 heteroatoms. The molecule has 1 saturated heterocycles. The Morgan fingerprint density at radius 3 is 2.50 bits per heavy atom. The molecule has 1 aliphatic heterocycles. The third-order valence-electron chi connectivity index (χ3n) is 2.94. The van der Waals surface area contributed by atoms with E-state index in [-0.39, 0.29) is 24.4 Å². The lowest BCUT2D eigenvalue weighted by molar-refractivity contribution is -0.142. The number of aliphatic carboxylic acids is 1. The van der Waals surface area contributed by atoms with Crippen LogP contribution in [0.15, 0.2) is 0 Å². The van der Waals surface area contributed by atoms with Crippen LogP contribution in [-0.2, 0) is 9.59 Å². The van der Waals surface area contributed by atoms with Crippen molar-refractivity contribution < 1.29 is 14.7 Å². The quantitative estimate of drug-likeness (QED) is 0.719. The van der Waals surface area contributed by atoms with Crippen molar-refractivity contribution in [3.63, 3.8) is 0 Å². The number of likely N-dealkylation sites (tertiary alicyclic amines) is 1. The van der Waals surface area contributed by atoms with Crippen molar-refractivity contribution in [1.82, 2.24) is 10.2 Å². The highest BCUT2D eigenvalue weighted by Crippen LogP contribution is 2.22. The summed E-state index contributed by atoms with van der Waals surface area (Å²) in [7, 11) is 0. The molecule has 92 valence electrons. The molecule has 5 nitrogen and oxygen atoms in total. The predicted molar refractivity (Wildman–Crippen MR) is 60.0 cm³/mol. The number of amides is 1. The molecule has 0 unspecified atom stereocenters. The summed E-state index contributed by atoms with van der Waals surface area (Å²) in [5.74, 6) is -1.19. The first kappa shape index (κ1) is 13.0. The molecule has 1 heterocycles. The first-order chi connectivity index (χ1) is 7.41. The highest BCUT2D eigenvalue weighted by atomic mass is 16.4. The summed E-state index contributed by atoms with van der Waals surface area (Å²) in [6.07, 6.45) is 0. The van der Waals surface area contributed by atoms with Gasteiger partial charge in [0.05, 0.1) is 12.5 Å². The SMILES string of the molecule is CC(C)NCC(=O)N1C[C@@H](C)[C@H](C(=O)O)C1. The lowest BCUT2D eigenvalue weighted by Crippen LogP contribution is -2.39. The van der Waals surface area contributed by atoms with E-state index in [1.807, 2.05) is 20.8 Å². The first-order valence-electron chi connectivity index (χ1n) is 5.65. The standard InChI is InChI=1S/C11H20N2O3/c1-7(2)12-4-10(14)13-5-8(3)9(6-13)11(15)16/h7-9,12H,4-6H2,1-3H3,(H,15,16)/t8-,9-/m1/s1. The van der Waals surface area contributed by atoms with E-state index in [4.69, 9.17) is 5.11 Å². The van der Waals surface area contributed by atoms with Gasteiger partial charge in [0, 0.05) is 19.1 Å². The van der Waals surface area contributed by atoms with Crippen LogP contribution in [0.2, 0.25) is 0 Å². The van der Waals surface area contributed by atoms with E-state index >= 15 is 0 Å². The van der Waals surface area contributed by atoms with E-state index in [1.54, 1.807) is 4.90 Å². The molecule has 1 aliphatic rings. The molecule has 0 saturated carbocycles. The highest BCUT2D eigenvalue weighted by Gasteiger charge is 2.36. The fourth-order valence-electron chi connectivity index (χ4n) is 1.90. The largest absolute Gasteiger partial charge is 0.481 e. The predicted octanol–water partition coefficient (Wildman–Crippen LogP) is 0.164. The number of rotatable bonds is 4. The van der Waals surface area contributed by atoms with E-state index in [2.05, 4.69) is 5.32 Å². The number of hydrogen-bond acceptors (Lipinski definition) is 3. The number of carboxylic acid groups (broad SMARTS) is 1. The molecule has 1 fully saturated rings. The van der Waals surface area contributed by atoms with Crippen molar-refractivity contribution >= 4 is 11.9 Å². The second-order valence-electron chi connectivity index (χ2n) is 4.76. The van der Waals surface area contributed by atoms with Crippen LogP contribution in [-0.4, -0.2) is 47.6 Å². The molecule has 0 aromatic heterocycles. The zero-order chi connectivity index (χ0) is 12.3. The summed E-state index contributed by atoms with van der Waals surface area (Å²) in [5.41, 5.74) is 0. The fourth-order valence-corrected chi connectivity index (χ4v) is 1.90.